The minimum atomic E-state index is -0.800. The summed E-state index contributed by atoms with van der Waals surface area (Å²) in [4.78, 5) is 24.2. The molecule has 1 aromatic carbocycles. The van der Waals surface area contributed by atoms with Crippen molar-refractivity contribution in [2.24, 2.45) is 11.8 Å². The molecule has 8 nitrogen and oxygen atoms in total. The van der Waals surface area contributed by atoms with Crippen molar-refractivity contribution >= 4 is 5.97 Å². The number of carboxylic acid groups (broad SMARTS) is 1. The third-order valence-corrected chi connectivity index (χ3v) is 5.90. The molecule has 1 N–H and O–H groups in total. The quantitative estimate of drug-likeness (QED) is 0.363. The Balaban J connectivity index is 1.55. The van der Waals surface area contributed by atoms with Crippen LogP contribution in [0.2, 0.25) is 0 Å². The predicted octanol–water partition coefficient (Wildman–Crippen LogP) is 5.27. The van der Waals surface area contributed by atoms with Gasteiger partial charge in [-0.2, -0.15) is 0 Å². The molecule has 0 radical (unpaired) electrons. The second-order valence-corrected chi connectivity index (χ2v) is 9.33. The standard InChI is InChI=1S/C27H30FN3O5/c1-16(2)14-36-27-26(22-10-24(34-3)29-13-23(22)28)30-12-19(31-27)15-35-20-6-4-5-18(9-20)21(11-25(32)33)17-7-8-17/h4-6,9-10,12-13,16-17,21H,7-8,11,14-15H2,1-3H3,(H,32,33). The molecule has 2 heterocycles. The molecule has 1 unspecified atom stereocenters. The maximum Gasteiger partial charge on any atom is 0.303 e. The average molecular weight is 496 g/mol. The van der Waals surface area contributed by atoms with E-state index in [-0.39, 0.29) is 47.9 Å². The summed E-state index contributed by atoms with van der Waals surface area (Å²) in [6, 6.07) is 8.99. The van der Waals surface area contributed by atoms with E-state index in [2.05, 4.69) is 15.0 Å². The number of benzene rings is 1. The maximum absolute atomic E-state index is 14.6. The van der Waals surface area contributed by atoms with Gasteiger partial charge >= 0.3 is 5.97 Å². The van der Waals surface area contributed by atoms with Crippen LogP contribution in [0, 0.1) is 17.7 Å². The zero-order valence-corrected chi connectivity index (χ0v) is 20.6. The van der Waals surface area contributed by atoms with Crippen molar-refractivity contribution in [2.75, 3.05) is 13.7 Å². The Hall–Kier alpha value is -3.75. The highest BCUT2D eigenvalue weighted by Crippen LogP contribution is 2.45. The van der Waals surface area contributed by atoms with Crippen LogP contribution in [0.15, 0.2) is 42.7 Å². The normalized spacial score (nSPS) is 13.9. The van der Waals surface area contributed by atoms with Gasteiger partial charge < -0.3 is 19.3 Å². The van der Waals surface area contributed by atoms with E-state index in [1.54, 1.807) is 0 Å². The van der Waals surface area contributed by atoms with Gasteiger partial charge in [-0.3, -0.25) is 4.79 Å². The van der Waals surface area contributed by atoms with Crippen molar-refractivity contribution in [3.63, 3.8) is 0 Å². The van der Waals surface area contributed by atoms with Crippen molar-refractivity contribution in [3.05, 3.63) is 59.8 Å². The van der Waals surface area contributed by atoms with E-state index in [9.17, 15) is 14.3 Å². The smallest absolute Gasteiger partial charge is 0.303 e. The lowest BCUT2D eigenvalue weighted by Crippen LogP contribution is -2.10. The predicted molar refractivity (Wildman–Crippen MR) is 131 cm³/mol. The molecule has 1 atom stereocenters. The zero-order valence-electron chi connectivity index (χ0n) is 20.6. The maximum atomic E-state index is 14.6. The van der Waals surface area contributed by atoms with Crippen LogP contribution in [0.4, 0.5) is 4.39 Å². The molecule has 0 spiro atoms. The van der Waals surface area contributed by atoms with Crippen LogP contribution in [0.25, 0.3) is 11.3 Å². The van der Waals surface area contributed by atoms with Gasteiger partial charge in [0.2, 0.25) is 11.8 Å². The van der Waals surface area contributed by atoms with E-state index in [0.29, 0.717) is 24.0 Å². The largest absolute Gasteiger partial charge is 0.487 e. The number of carbonyl (C=O) groups is 1. The number of halogens is 1. The van der Waals surface area contributed by atoms with Gasteiger partial charge in [-0.05, 0) is 48.3 Å². The SMILES string of the molecule is COc1cc(-c2ncc(COc3cccc(C(CC(=O)O)C4CC4)c3)nc2OCC(C)C)c(F)cn1. The first-order valence-electron chi connectivity index (χ1n) is 12.0. The molecule has 36 heavy (non-hydrogen) atoms. The molecule has 2 aromatic heterocycles. The number of hydrogen-bond acceptors (Lipinski definition) is 7. The number of pyridine rings is 1. The Kier molecular flexibility index (Phi) is 7.97. The second kappa shape index (κ2) is 11.3. The van der Waals surface area contributed by atoms with Crippen molar-refractivity contribution in [1.29, 1.82) is 0 Å². The summed E-state index contributed by atoms with van der Waals surface area (Å²) in [6.07, 6.45) is 4.80. The van der Waals surface area contributed by atoms with E-state index in [1.165, 1.54) is 19.4 Å². The highest BCUT2D eigenvalue weighted by Gasteiger charge is 2.33. The minimum Gasteiger partial charge on any atom is -0.487 e. The van der Waals surface area contributed by atoms with Crippen LogP contribution in [-0.4, -0.2) is 39.7 Å². The highest BCUT2D eigenvalue weighted by molar-refractivity contribution is 5.68. The number of rotatable bonds is 12. The Morgan fingerprint density at radius 3 is 2.67 bits per heavy atom. The lowest BCUT2D eigenvalue weighted by molar-refractivity contribution is -0.137. The van der Waals surface area contributed by atoms with Crippen LogP contribution in [-0.2, 0) is 11.4 Å². The fraction of sp³-hybridized carbons (Fsp3) is 0.407. The fourth-order valence-corrected chi connectivity index (χ4v) is 3.96. The lowest BCUT2D eigenvalue weighted by atomic mass is 9.91. The van der Waals surface area contributed by atoms with Crippen LogP contribution in [0.5, 0.6) is 17.5 Å². The Morgan fingerprint density at radius 2 is 1.97 bits per heavy atom. The molecule has 1 aliphatic rings. The monoisotopic (exact) mass is 495 g/mol. The summed E-state index contributed by atoms with van der Waals surface area (Å²) in [5.41, 5.74) is 1.90. The molecular weight excluding hydrogens is 465 g/mol. The summed E-state index contributed by atoms with van der Waals surface area (Å²) in [6.45, 7) is 4.50. The third kappa shape index (κ3) is 6.47. The number of aliphatic carboxylic acids is 1. The molecule has 3 aromatic rings. The summed E-state index contributed by atoms with van der Waals surface area (Å²) in [7, 11) is 1.45. The van der Waals surface area contributed by atoms with Gasteiger partial charge in [0.05, 0.1) is 32.5 Å². The Bertz CT molecular complexity index is 1220. The topological polar surface area (TPSA) is 104 Å². The van der Waals surface area contributed by atoms with Crippen LogP contribution in [0.1, 0.15) is 50.3 Å². The molecule has 1 fully saturated rings. The van der Waals surface area contributed by atoms with Crippen LogP contribution < -0.4 is 14.2 Å². The fourth-order valence-electron chi connectivity index (χ4n) is 3.96. The van der Waals surface area contributed by atoms with E-state index < -0.39 is 11.8 Å². The minimum absolute atomic E-state index is 0.0200. The molecule has 4 rings (SSSR count). The van der Waals surface area contributed by atoms with Gasteiger partial charge in [-0.1, -0.05) is 26.0 Å². The number of carboxylic acids is 1. The zero-order chi connectivity index (χ0) is 25.7. The second-order valence-electron chi connectivity index (χ2n) is 9.33. The van der Waals surface area contributed by atoms with Gasteiger partial charge in [0.1, 0.15) is 23.7 Å². The first-order chi connectivity index (χ1) is 17.3. The van der Waals surface area contributed by atoms with Crippen LogP contribution >= 0.6 is 0 Å². The molecule has 1 saturated carbocycles. The summed E-state index contributed by atoms with van der Waals surface area (Å²) in [5, 5.41) is 9.31. The van der Waals surface area contributed by atoms with Gasteiger partial charge in [0.15, 0.2) is 5.82 Å². The molecule has 0 saturated heterocycles. The average Bonchev–Trinajstić information content (AvgIpc) is 3.71. The first kappa shape index (κ1) is 25.3. The van der Waals surface area contributed by atoms with Crippen molar-refractivity contribution in [2.45, 2.75) is 45.6 Å². The molecule has 0 aliphatic heterocycles. The van der Waals surface area contributed by atoms with Crippen LogP contribution in [0.3, 0.4) is 0 Å². The first-order valence-corrected chi connectivity index (χ1v) is 12.0. The van der Waals surface area contributed by atoms with E-state index >= 15 is 0 Å². The Labute approximate surface area is 209 Å². The Morgan fingerprint density at radius 1 is 1.17 bits per heavy atom. The summed E-state index contributed by atoms with van der Waals surface area (Å²) < 4.78 is 31.6. The van der Waals surface area contributed by atoms with Gasteiger partial charge in [0.25, 0.3) is 0 Å². The van der Waals surface area contributed by atoms with Crippen molar-refractivity contribution < 1.29 is 28.5 Å². The van der Waals surface area contributed by atoms with E-state index in [4.69, 9.17) is 14.2 Å². The molecule has 0 bridgehead atoms. The molecule has 190 valence electrons. The third-order valence-electron chi connectivity index (χ3n) is 5.90. The number of ether oxygens (including phenoxy) is 3. The summed E-state index contributed by atoms with van der Waals surface area (Å²) in [5.74, 6) is 0.311. The summed E-state index contributed by atoms with van der Waals surface area (Å²) >= 11 is 0. The molecular formula is C27H30FN3O5. The molecule has 0 amide bonds. The van der Waals surface area contributed by atoms with Gasteiger partial charge in [0, 0.05) is 11.6 Å². The molecule has 9 heteroatoms. The van der Waals surface area contributed by atoms with Gasteiger partial charge in [-0.15, -0.1) is 0 Å². The van der Waals surface area contributed by atoms with Crippen molar-refractivity contribution in [1.82, 2.24) is 15.0 Å². The number of nitrogens with zero attached hydrogens (tertiary/aromatic N) is 3. The van der Waals surface area contributed by atoms with E-state index in [1.807, 2.05) is 38.1 Å². The van der Waals surface area contributed by atoms with E-state index in [0.717, 1.165) is 24.6 Å². The highest BCUT2D eigenvalue weighted by atomic mass is 19.1. The van der Waals surface area contributed by atoms with Crippen molar-refractivity contribution in [3.8, 4) is 28.8 Å². The molecule has 1 aliphatic carbocycles. The number of hydrogen-bond donors (Lipinski definition) is 1. The van der Waals surface area contributed by atoms with Gasteiger partial charge in [-0.25, -0.2) is 19.3 Å². The lowest BCUT2D eigenvalue weighted by Gasteiger charge is -2.16. The number of aromatic nitrogens is 3. The number of methoxy groups -OCH3 is 1.